The van der Waals surface area contributed by atoms with E-state index < -0.39 is 14.4 Å². The zero-order chi connectivity index (χ0) is 27.0. The predicted octanol–water partition coefficient (Wildman–Crippen LogP) is 10.1. The van der Waals surface area contributed by atoms with Gasteiger partial charge in [0.25, 0.3) is 0 Å². The van der Waals surface area contributed by atoms with Crippen molar-refractivity contribution in [2.45, 2.75) is 39.6 Å². The van der Waals surface area contributed by atoms with Crippen molar-refractivity contribution in [2.24, 2.45) is 0 Å². The summed E-state index contributed by atoms with van der Waals surface area (Å²) in [5.41, 5.74) is 14.3. The molecule has 6 rings (SSSR count). The fraction of sp³-hybridized carbons (Fsp3) is 0.222. The van der Waals surface area contributed by atoms with Crippen LogP contribution in [-0.2, 0) is 14.4 Å². The van der Waals surface area contributed by atoms with Crippen molar-refractivity contribution < 1.29 is 14.4 Å². The SMILES string of the molecule is CC1=Cc2c(-c3ccccc3)cccc2[CH]1[Zr]([CH3])([CH3])([CH3])([CH3])(=[SiH2])[CH]1C(C)=Cc2c(-c3ccccc3)cccc21. The fourth-order valence-electron chi connectivity index (χ4n) is 9.06. The second-order valence-electron chi connectivity index (χ2n) is 16.3. The van der Waals surface area contributed by atoms with Crippen LogP contribution in [0.3, 0.4) is 0 Å². The van der Waals surface area contributed by atoms with Gasteiger partial charge in [-0.05, 0) is 0 Å². The molecule has 2 unspecified atom stereocenters. The number of hydrogen-bond donors (Lipinski definition) is 0. The molecule has 0 nitrogen and oxygen atoms in total. The number of allylic oxidation sites excluding steroid dienone is 2. The molecule has 0 heterocycles. The van der Waals surface area contributed by atoms with Crippen LogP contribution >= 0.6 is 0 Å². The van der Waals surface area contributed by atoms with Crippen molar-refractivity contribution >= 4 is 19.0 Å². The van der Waals surface area contributed by atoms with Gasteiger partial charge in [-0.2, -0.15) is 0 Å². The van der Waals surface area contributed by atoms with Gasteiger partial charge in [-0.15, -0.1) is 0 Å². The second kappa shape index (κ2) is 7.35. The first-order valence-corrected chi connectivity index (χ1v) is 32.6. The van der Waals surface area contributed by atoms with E-state index in [1.165, 1.54) is 55.7 Å². The molecular weight excluding hydrogens is 552 g/mol. The summed E-state index contributed by atoms with van der Waals surface area (Å²) in [6, 6.07) is 35.8. The molecule has 0 saturated heterocycles. The van der Waals surface area contributed by atoms with Gasteiger partial charge in [0.05, 0.1) is 0 Å². The van der Waals surface area contributed by atoms with Gasteiger partial charge in [-0.1, -0.05) is 0 Å². The van der Waals surface area contributed by atoms with Gasteiger partial charge in [0.15, 0.2) is 0 Å². The molecule has 2 aliphatic carbocycles. The summed E-state index contributed by atoms with van der Waals surface area (Å²) in [4.78, 5) is 0. The third kappa shape index (κ3) is 3.71. The van der Waals surface area contributed by atoms with E-state index in [2.05, 4.69) is 148 Å². The minimum atomic E-state index is -4.70. The summed E-state index contributed by atoms with van der Waals surface area (Å²) < 4.78 is 11.8. The summed E-state index contributed by atoms with van der Waals surface area (Å²) in [5.74, 6) is 0. The molecule has 2 atom stereocenters. The van der Waals surface area contributed by atoms with Crippen LogP contribution in [0.25, 0.3) is 34.4 Å². The first kappa shape index (κ1) is 25.7. The van der Waals surface area contributed by atoms with Crippen LogP contribution in [-0.4, -0.2) is 6.88 Å². The fourth-order valence-corrected chi connectivity index (χ4v) is 37.8. The van der Waals surface area contributed by atoms with Gasteiger partial charge in [0.2, 0.25) is 0 Å². The number of fused-ring (bicyclic) bond motifs is 2. The average molecular weight is 592 g/mol. The third-order valence-corrected chi connectivity index (χ3v) is 33.4. The van der Waals surface area contributed by atoms with Crippen molar-refractivity contribution in [1.29, 1.82) is 0 Å². The molecule has 0 saturated carbocycles. The molecule has 0 aromatic heterocycles. The molecule has 0 amide bonds. The van der Waals surface area contributed by atoms with E-state index >= 15 is 0 Å². The molecule has 0 fully saturated rings. The standard InChI is InChI=1S/2C16H13.4CH3.H2Si.Zr/c2*1-12-10-14-8-5-9-15(16(14)11-12)13-6-3-2-4-7-13;;;;;;/h2*2-11H,1H3;4*1H3;1H2;. The van der Waals surface area contributed by atoms with Gasteiger partial charge in [0, 0.05) is 0 Å². The van der Waals surface area contributed by atoms with Crippen molar-refractivity contribution in [2.75, 3.05) is 0 Å². The van der Waals surface area contributed by atoms with Crippen LogP contribution in [0.4, 0.5) is 0 Å². The van der Waals surface area contributed by atoms with Crippen LogP contribution < -0.4 is 0 Å². The summed E-state index contributed by atoms with van der Waals surface area (Å²) in [6.45, 7) is 7.21. The van der Waals surface area contributed by atoms with Gasteiger partial charge in [-0.3, -0.25) is 0 Å². The Morgan fingerprint density at radius 3 is 1.24 bits per heavy atom. The van der Waals surface area contributed by atoms with Crippen molar-refractivity contribution in [3.05, 3.63) is 130 Å². The summed E-state index contributed by atoms with van der Waals surface area (Å²) in [6.07, 6.45) is 5.02. The van der Waals surface area contributed by atoms with Crippen LogP contribution in [0.2, 0.25) is 18.5 Å². The zero-order valence-corrected chi connectivity index (χ0v) is 27.6. The Hall–Kier alpha value is -2.54. The number of rotatable bonds is 4. The Bertz CT molecular complexity index is 1670. The van der Waals surface area contributed by atoms with Gasteiger partial charge in [0.1, 0.15) is 0 Å². The Kier molecular flexibility index (Phi) is 4.97. The van der Waals surface area contributed by atoms with E-state index in [0.717, 1.165) is 0 Å². The Morgan fingerprint density at radius 2 is 0.868 bits per heavy atom. The van der Waals surface area contributed by atoms with E-state index in [1.807, 2.05) is 0 Å². The van der Waals surface area contributed by atoms with Crippen LogP contribution in [0.1, 0.15) is 43.4 Å². The first-order chi connectivity index (χ1) is 17.7. The van der Waals surface area contributed by atoms with Crippen LogP contribution in [0, 0.1) is 0 Å². The molecule has 38 heavy (non-hydrogen) atoms. The minimum absolute atomic E-state index is 0.420. The normalized spacial score (nSPS) is 21.3. The average Bonchev–Trinajstić information content (AvgIpc) is 3.41. The predicted molar refractivity (Wildman–Crippen MR) is 169 cm³/mol. The molecule has 2 aliphatic rings. The monoisotopic (exact) mass is 590 g/mol. The molecular formula is C36H40SiZr. The van der Waals surface area contributed by atoms with Crippen molar-refractivity contribution in [1.82, 2.24) is 0 Å². The van der Waals surface area contributed by atoms with Gasteiger partial charge >= 0.3 is 226 Å². The molecule has 0 radical (unpaired) electrons. The molecule has 4 aromatic rings. The summed E-state index contributed by atoms with van der Waals surface area (Å²) >= 11 is -4.70. The number of benzene rings is 4. The summed E-state index contributed by atoms with van der Waals surface area (Å²) in [7, 11) is 0. The second-order valence-corrected chi connectivity index (χ2v) is 76.6. The molecule has 4 aromatic carbocycles. The molecule has 0 bridgehead atoms. The molecule has 192 valence electrons. The van der Waals surface area contributed by atoms with E-state index in [1.54, 1.807) is 0 Å². The van der Waals surface area contributed by atoms with E-state index in [0.29, 0.717) is 7.25 Å². The quantitative estimate of drug-likeness (QED) is 0.207. The first-order valence-electron chi connectivity index (χ1n) is 14.0. The van der Waals surface area contributed by atoms with E-state index in [9.17, 15) is 0 Å². The van der Waals surface area contributed by atoms with Gasteiger partial charge < -0.3 is 0 Å². The maximum absolute atomic E-state index is 4.70. The molecule has 0 aliphatic heterocycles. The van der Waals surface area contributed by atoms with E-state index in [-0.39, 0.29) is 0 Å². The van der Waals surface area contributed by atoms with Crippen molar-refractivity contribution in [3.8, 4) is 22.3 Å². The van der Waals surface area contributed by atoms with Crippen LogP contribution in [0.15, 0.2) is 108 Å². The Balaban J connectivity index is 1.60. The van der Waals surface area contributed by atoms with Crippen molar-refractivity contribution in [3.63, 3.8) is 0 Å². The Labute approximate surface area is 224 Å². The van der Waals surface area contributed by atoms with E-state index in [4.69, 9.17) is 0 Å². The topological polar surface area (TPSA) is 0 Å². The Morgan fingerprint density at radius 1 is 0.500 bits per heavy atom. The molecule has 2 heteroatoms. The molecule has 0 N–H and O–H groups in total. The maximum atomic E-state index is 2.74. The van der Waals surface area contributed by atoms with Gasteiger partial charge in [-0.25, -0.2) is 0 Å². The molecule has 0 spiro atoms. The van der Waals surface area contributed by atoms with Crippen LogP contribution in [0.5, 0.6) is 0 Å². The number of hydrogen-bond acceptors (Lipinski definition) is 0. The summed E-state index contributed by atoms with van der Waals surface area (Å²) in [5, 5.41) is 0. The third-order valence-electron chi connectivity index (χ3n) is 9.78. The zero-order valence-electron chi connectivity index (χ0n) is 23.8.